The number of halogens is 1. The Labute approximate surface area is 138 Å². The van der Waals surface area contributed by atoms with Crippen molar-refractivity contribution in [3.05, 3.63) is 27.3 Å². The largest absolute Gasteiger partial charge is 2.00 e. The Balaban J connectivity index is 0. The van der Waals surface area contributed by atoms with Crippen LogP contribution in [0.1, 0.15) is 26.3 Å². The molecule has 1 aromatic carbocycles. The van der Waals surface area contributed by atoms with E-state index in [1.165, 1.54) is 9.13 Å². The molecule has 1 aromatic rings. The number of benzene rings is 1. The molecule has 1 radical (unpaired) electrons. The molecule has 5 nitrogen and oxygen atoms in total. The van der Waals surface area contributed by atoms with Crippen LogP contribution in [0.3, 0.4) is 0 Å². The van der Waals surface area contributed by atoms with E-state index in [1.807, 2.05) is 6.07 Å². The van der Waals surface area contributed by atoms with Gasteiger partial charge in [-0.25, -0.2) is 0 Å². The smallest absolute Gasteiger partial charge is 0.759 e. The molecule has 0 unspecified atom stereocenters. The number of hydrogen-bond acceptors (Lipinski definition) is 5. The minimum Gasteiger partial charge on any atom is -0.759 e. The first-order valence-corrected chi connectivity index (χ1v) is 7.37. The molecule has 0 saturated heterocycles. The van der Waals surface area contributed by atoms with E-state index in [4.69, 9.17) is 22.3 Å². The van der Waals surface area contributed by atoms with Crippen molar-refractivity contribution in [1.82, 2.24) is 0 Å². The van der Waals surface area contributed by atoms with Crippen LogP contribution in [0.5, 0.6) is 5.75 Å². The normalized spacial score (nSPS) is 10.9. The fraction of sp³-hybridized carbons (Fsp3) is 0.455. The van der Waals surface area contributed by atoms with Crippen LogP contribution in [0.4, 0.5) is 0 Å². The molecule has 0 fully saturated rings. The van der Waals surface area contributed by atoms with Crippen molar-refractivity contribution < 1.29 is 39.3 Å². The summed E-state index contributed by atoms with van der Waals surface area (Å²) in [7, 11) is -3.46. The predicted octanol–water partition coefficient (Wildman–Crippen LogP) is 2.26. The van der Waals surface area contributed by atoms with Crippen LogP contribution in [-0.4, -0.2) is 24.6 Å². The summed E-state index contributed by atoms with van der Waals surface area (Å²) < 4.78 is 40.5. The number of methoxy groups -OCH3 is 1. The first kappa shape index (κ1) is 21.4. The Hall–Kier alpha value is 0.139. The van der Waals surface area contributed by atoms with Crippen LogP contribution in [-0.2, 0) is 32.9 Å². The zero-order valence-corrected chi connectivity index (χ0v) is 14.8. The Morgan fingerprint density at radius 1 is 1.21 bits per heavy atom. The fourth-order valence-electron chi connectivity index (χ4n) is 1.13. The third-order valence-corrected chi connectivity index (χ3v) is 2.86. The molecule has 0 bridgehead atoms. The van der Waals surface area contributed by atoms with E-state index >= 15 is 0 Å². The van der Waals surface area contributed by atoms with Crippen LogP contribution in [0.15, 0.2) is 18.2 Å². The van der Waals surface area contributed by atoms with Gasteiger partial charge in [-0.05, 0) is 45.7 Å². The molecule has 19 heavy (non-hydrogen) atoms. The third-order valence-electron chi connectivity index (χ3n) is 2.02. The van der Waals surface area contributed by atoms with Crippen molar-refractivity contribution in [2.24, 2.45) is 0 Å². The van der Waals surface area contributed by atoms with E-state index in [1.54, 1.807) is 7.11 Å². The van der Waals surface area contributed by atoms with E-state index in [0.29, 0.717) is 0 Å². The van der Waals surface area contributed by atoms with E-state index in [0.717, 1.165) is 5.75 Å². The second-order valence-electron chi connectivity index (χ2n) is 4.51. The number of ether oxygens (including phenoxy) is 1. The van der Waals surface area contributed by atoms with Gasteiger partial charge in [0.05, 0.1) is 10.7 Å². The van der Waals surface area contributed by atoms with Crippen LogP contribution < -0.4 is 4.74 Å². The first-order chi connectivity index (χ1) is 7.95. The minimum atomic E-state index is -5.17. The molecule has 0 heterocycles. The summed E-state index contributed by atoms with van der Waals surface area (Å²) in [6.45, 7) is 6.64. The van der Waals surface area contributed by atoms with Crippen molar-refractivity contribution in [2.45, 2.75) is 26.2 Å². The standard InChI is InChI=1S/C11H15IO.Cu.H2O4S/c1-11(2,3)8-5-6-10(13-4)9(12)7-8;;1-5(2,3)4/h5-7H,1-4H3;;(H2,1,2,3,4)/q;+2;/p-2. The zero-order chi connectivity index (χ0) is 14.6. The average Bonchev–Trinajstić information content (AvgIpc) is 2.13. The maximum Gasteiger partial charge on any atom is 2.00 e. The van der Waals surface area contributed by atoms with Crippen molar-refractivity contribution in [3.8, 4) is 5.75 Å². The Morgan fingerprint density at radius 3 is 1.89 bits per heavy atom. The summed E-state index contributed by atoms with van der Waals surface area (Å²) in [6.07, 6.45) is 0. The molecule has 0 saturated carbocycles. The maximum atomic E-state index is 8.52. The summed E-state index contributed by atoms with van der Waals surface area (Å²) in [4.78, 5) is 0. The van der Waals surface area contributed by atoms with Gasteiger partial charge >= 0.3 is 17.1 Å². The fourth-order valence-corrected chi connectivity index (χ4v) is 1.87. The van der Waals surface area contributed by atoms with Gasteiger partial charge in [0, 0.05) is 10.4 Å². The van der Waals surface area contributed by atoms with Crippen molar-refractivity contribution >= 4 is 33.0 Å². The van der Waals surface area contributed by atoms with Crippen LogP contribution in [0.25, 0.3) is 0 Å². The van der Waals surface area contributed by atoms with Gasteiger partial charge in [0.15, 0.2) is 0 Å². The maximum absolute atomic E-state index is 8.52. The topological polar surface area (TPSA) is 89.5 Å². The summed E-state index contributed by atoms with van der Waals surface area (Å²) in [5.74, 6) is 0.952. The quantitative estimate of drug-likeness (QED) is 0.284. The van der Waals surface area contributed by atoms with Crippen molar-refractivity contribution in [3.63, 3.8) is 0 Å². The molecule has 113 valence electrons. The summed E-state index contributed by atoms with van der Waals surface area (Å²) in [5.41, 5.74) is 1.56. The second kappa shape index (κ2) is 8.43. The molecule has 1 rings (SSSR count). The molecular weight excluding hydrogens is 435 g/mol. The van der Waals surface area contributed by atoms with Gasteiger partial charge < -0.3 is 13.8 Å². The van der Waals surface area contributed by atoms with E-state index in [9.17, 15) is 0 Å². The van der Waals surface area contributed by atoms with Gasteiger partial charge in [-0.1, -0.05) is 26.8 Å². The molecule has 0 amide bonds. The van der Waals surface area contributed by atoms with E-state index in [2.05, 4.69) is 55.5 Å². The van der Waals surface area contributed by atoms with Crippen LogP contribution in [0, 0.1) is 3.57 Å². The Morgan fingerprint density at radius 2 is 1.63 bits per heavy atom. The molecule has 0 aliphatic rings. The van der Waals surface area contributed by atoms with Gasteiger partial charge in [0.2, 0.25) is 0 Å². The predicted molar refractivity (Wildman–Crippen MR) is 74.9 cm³/mol. The average molecular weight is 450 g/mol. The molecule has 0 N–H and O–H groups in total. The SMILES string of the molecule is COc1ccc(C(C)(C)C)cc1I.O=S(=O)([O-])[O-].[Cu+2]. The van der Waals surface area contributed by atoms with Gasteiger partial charge in [0.1, 0.15) is 5.75 Å². The summed E-state index contributed by atoms with van der Waals surface area (Å²) in [6, 6.07) is 6.34. The number of hydrogen-bond donors (Lipinski definition) is 0. The zero-order valence-electron chi connectivity index (χ0n) is 10.9. The molecular formula is C11H15CuIO5S. The van der Waals surface area contributed by atoms with Gasteiger partial charge in [-0.2, -0.15) is 0 Å². The van der Waals surface area contributed by atoms with Gasteiger partial charge in [-0.15, -0.1) is 0 Å². The Bertz CT molecular complexity index is 488. The molecule has 0 aliphatic heterocycles. The molecule has 0 atom stereocenters. The van der Waals surface area contributed by atoms with E-state index < -0.39 is 10.4 Å². The molecule has 0 spiro atoms. The second-order valence-corrected chi connectivity index (χ2v) is 6.49. The molecule has 8 heteroatoms. The third kappa shape index (κ3) is 10.6. The summed E-state index contributed by atoms with van der Waals surface area (Å²) in [5, 5.41) is 0. The van der Waals surface area contributed by atoms with Crippen molar-refractivity contribution in [2.75, 3.05) is 7.11 Å². The van der Waals surface area contributed by atoms with Gasteiger partial charge in [-0.3, -0.25) is 8.42 Å². The van der Waals surface area contributed by atoms with Crippen LogP contribution in [0.2, 0.25) is 0 Å². The van der Waals surface area contributed by atoms with E-state index in [-0.39, 0.29) is 22.5 Å². The molecule has 0 aromatic heterocycles. The van der Waals surface area contributed by atoms with Gasteiger partial charge in [0.25, 0.3) is 0 Å². The summed E-state index contributed by atoms with van der Waals surface area (Å²) >= 11 is 2.30. The Kier molecular flexibility index (Phi) is 9.51. The minimum absolute atomic E-state index is 0. The molecule has 0 aliphatic carbocycles. The van der Waals surface area contributed by atoms with Crippen LogP contribution >= 0.6 is 22.6 Å². The number of rotatable bonds is 1. The first-order valence-electron chi connectivity index (χ1n) is 4.96. The van der Waals surface area contributed by atoms with Crippen molar-refractivity contribution in [1.29, 1.82) is 0 Å². The monoisotopic (exact) mass is 449 g/mol.